The van der Waals surface area contributed by atoms with Crippen LogP contribution in [-0.4, -0.2) is 36.2 Å². The molecule has 0 heterocycles. The highest BCUT2D eigenvalue weighted by Gasteiger charge is 2.26. The summed E-state index contributed by atoms with van der Waals surface area (Å²) in [5, 5.41) is 5.33. The zero-order valence-electron chi connectivity index (χ0n) is 12.0. The van der Waals surface area contributed by atoms with E-state index in [-0.39, 0.29) is 12.6 Å². The molecule has 23 heavy (non-hydrogen) atoms. The third-order valence-corrected chi connectivity index (χ3v) is 3.20. The minimum absolute atomic E-state index is 0.0441. The van der Waals surface area contributed by atoms with Crippen molar-refractivity contribution in [1.82, 2.24) is 21.5 Å². The van der Waals surface area contributed by atoms with Crippen molar-refractivity contribution >= 4 is 35.2 Å². The van der Waals surface area contributed by atoms with E-state index >= 15 is 0 Å². The molecular formula is C14H15ClN4O4. The molecule has 0 aromatic heterocycles. The van der Waals surface area contributed by atoms with E-state index in [0.29, 0.717) is 10.6 Å². The molecule has 0 bridgehead atoms. The fourth-order valence-corrected chi connectivity index (χ4v) is 1.70. The molecule has 4 N–H and O–H groups in total. The van der Waals surface area contributed by atoms with Crippen molar-refractivity contribution in [2.45, 2.75) is 18.9 Å². The van der Waals surface area contributed by atoms with Gasteiger partial charge in [0.1, 0.15) is 0 Å². The molecule has 0 unspecified atom stereocenters. The third-order valence-electron chi connectivity index (χ3n) is 2.95. The van der Waals surface area contributed by atoms with Crippen LogP contribution in [-0.2, 0) is 14.4 Å². The SMILES string of the molecule is O=C(CNC(=O)c1ccc(Cl)cc1)NNC(=O)C(=O)NC1CC1. The highest BCUT2D eigenvalue weighted by molar-refractivity contribution is 6.35. The summed E-state index contributed by atoms with van der Waals surface area (Å²) in [6, 6.07) is 6.17. The first-order chi connectivity index (χ1) is 11.0. The Hall–Kier alpha value is -2.61. The molecule has 0 saturated heterocycles. The van der Waals surface area contributed by atoms with Gasteiger partial charge in [0.15, 0.2) is 0 Å². The van der Waals surface area contributed by atoms with Crippen molar-refractivity contribution in [2.24, 2.45) is 0 Å². The first-order valence-corrected chi connectivity index (χ1v) is 7.27. The second-order valence-corrected chi connectivity index (χ2v) is 5.38. The van der Waals surface area contributed by atoms with E-state index in [2.05, 4.69) is 10.6 Å². The lowest BCUT2D eigenvalue weighted by molar-refractivity contribution is -0.140. The van der Waals surface area contributed by atoms with Crippen molar-refractivity contribution in [3.8, 4) is 0 Å². The molecule has 1 saturated carbocycles. The van der Waals surface area contributed by atoms with Gasteiger partial charge in [0, 0.05) is 16.6 Å². The molecule has 2 rings (SSSR count). The number of carbonyl (C=O) groups is 4. The van der Waals surface area contributed by atoms with E-state index in [1.165, 1.54) is 12.1 Å². The molecule has 0 spiro atoms. The van der Waals surface area contributed by atoms with Crippen molar-refractivity contribution in [3.05, 3.63) is 34.9 Å². The van der Waals surface area contributed by atoms with Crippen LogP contribution in [0.3, 0.4) is 0 Å². The van der Waals surface area contributed by atoms with Gasteiger partial charge in [0.25, 0.3) is 11.8 Å². The Kier molecular flexibility index (Phi) is 5.53. The Morgan fingerprint density at radius 2 is 1.65 bits per heavy atom. The van der Waals surface area contributed by atoms with Crippen LogP contribution in [0.15, 0.2) is 24.3 Å². The highest BCUT2D eigenvalue weighted by Crippen LogP contribution is 2.18. The van der Waals surface area contributed by atoms with Gasteiger partial charge in [-0.3, -0.25) is 30.0 Å². The van der Waals surface area contributed by atoms with Gasteiger partial charge < -0.3 is 10.6 Å². The first kappa shape index (κ1) is 16.8. The van der Waals surface area contributed by atoms with Crippen LogP contribution < -0.4 is 21.5 Å². The zero-order valence-corrected chi connectivity index (χ0v) is 12.8. The van der Waals surface area contributed by atoms with Crippen molar-refractivity contribution < 1.29 is 19.2 Å². The molecule has 8 nitrogen and oxygen atoms in total. The fraction of sp³-hybridized carbons (Fsp3) is 0.286. The molecule has 1 aliphatic carbocycles. The lowest BCUT2D eigenvalue weighted by Gasteiger charge is -2.08. The van der Waals surface area contributed by atoms with E-state index in [1.807, 2.05) is 10.9 Å². The molecule has 122 valence electrons. The largest absolute Gasteiger partial charge is 0.345 e. The number of halogens is 1. The Bertz CT molecular complexity index is 628. The Morgan fingerprint density at radius 3 is 2.26 bits per heavy atom. The molecule has 9 heteroatoms. The van der Waals surface area contributed by atoms with Crippen LogP contribution >= 0.6 is 11.6 Å². The van der Waals surface area contributed by atoms with Crippen LogP contribution in [0.1, 0.15) is 23.2 Å². The van der Waals surface area contributed by atoms with Crippen LogP contribution in [0.5, 0.6) is 0 Å². The minimum Gasteiger partial charge on any atom is -0.345 e. The molecule has 4 amide bonds. The Morgan fingerprint density at radius 1 is 1.00 bits per heavy atom. The van der Waals surface area contributed by atoms with Gasteiger partial charge in [-0.1, -0.05) is 11.6 Å². The third kappa shape index (κ3) is 5.59. The standard InChI is InChI=1S/C14H15ClN4O4/c15-9-3-1-8(2-4-9)12(21)16-7-11(20)18-19-14(23)13(22)17-10-5-6-10/h1-4,10H,5-7H2,(H,16,21)(H,17,22)(H,18,20)(H,19,23). The number of benzene rings is 1. The van der Waals surface area contributed by atoms with Gasteiger partial charge in [-0.05, 0) is 37.1 Å². The van der Waals surface area contributed by atoms with Crippen LogP contribution in [0.25, 0.3) is 0 Å². The van der Waals surface area contributed by atoms with Crippen molar-refractivity contribution in [1.29, 1.82) is 0 Å². The Balaban J connectivity index is 1.68. The number of hydrogen-bond acceptors (Lipinski definition) is 4. The topological polar surface area (TPSA) is 116 Å². The number of amides is 4. The average Bonchev–Trinajstić information content (AvgIpc) is 3.34. The number of carbonyl (C=O) groups excluding carboxylic acids is 4. The summed E-state index contributed by atoms with van der Waals surface area (Å²) >= 11 is 5.71. The van der Waals surface area contributed by atoms with Crippen molar-refractivity contribution in [3.63, 3.8) is 0 Å². The van der Waals surface area contributed by atoms with Gasteiger partial charge in [-0.2, -0.15) is 0 Å². The summed E-state index contributed by atoms with van der Waals surface area (Å²) < 4.78 is 0. The molecule has 0 aliphatic heterocycles. The highest BCUT2D eigenvalue weighted by atomic mass is 35.5. The lowest BCUT2D eigenvalue weighted by Crippen LogP contribution is -2.51. The molecule has 1 aromatic rings. The second-order valence-electron chi connectivity index (χ2n) is 4.94. The van der Waals surface area contributed by atoms with E-state index < -0.39 is 23.6 Å². The quantitative estimate of drug-likeness (QED) is 0.437. The maximum atomic E-state index is 11.7. The minimum atomic E-state index is -0.964. The monoisotopic (exact) mass is 338 g/mol. The van der Waals surface area contributed by atoms with Gasteiger partial charge >= 0.3 is 11.8 Å². The van der Waals surface area contributed by atoms with Gasteiger partial charge in [0.2, 0.25) is 0 Å². The van der Waals surface area contributed by atoms with E-state index in [1.54, 1.807) is 12.1 Å². The maximum absolute atomic E-state index is 11.7. The predicted octanol–water partition coefficient (Wildman–Crippen LogP) is -0.504. The summed E-state index contributed by atoms with van der Waals surface area (Å²) in [4.78, 5) is 45.9. The van der Waals surface area contributed by atoms with E-state index in [9.17, 15) is 19.2 Å². The molecule has 1 aliphatic rings. The van der Waals surface area contributed by atoms with Crippen LogP contribution in [0.2, 0.25) is 5.02 Å². The van der Waals surface area contributed by atoms with Crippen LogP contribution in [0.4, 0.5) is 0 Å². The van der Waals surface area contributed by atoms with Gasteiger partial charge in [0.05, 0.1) is 6.54 Å². The average molecular weight is 339 g/mol. The van der Waals surface area contributed by atoms with E-state index in [0.717, 1.165) is 12.8 Å². The maximum Gasteiger partial charge on any atom is 0.327 e. The molecule has 1 aromatic carbocycles. The molecular weight excluding hydrogens is 324 g/mol. The number of nitrogens with one attached hydrogen (secondary N) is 4. The number of rotatable bonds is 4. The second kappa shape index (κ2) is 7.59. The fourth-order valence-electron chi connectivity index (χ4n) is 1.57. The summed E-state index contributed by atoms with van der Waals surface area (Å²) in [5.41, 5.74) is 4.35. The predicted molar refractivity (Wildman–Crippen MR) is 81.2 cm³/mol. The number of hydrazine groups is 1. The number of hydrogen-bond donors (Lipinski definition) is 4. The van der Waals surface area contributed by atoms with E-state index in [4.69, 9.17) is 11.6 Å². The molecule has 0 atom stereocenters. The summed E-state index contributed by atoms with van der Waals surface area (Å²) in [6.45, 7) is -0.355. The molecule has 1 fully saturated rings. The van der Waals surface area contributed by atoms with Gasteiger partial charge in [-0.25, -0.2) is 0 Å². The van der Waals surface area contributed by atoms with Crippen LogP contribution in [0, 0.1) is 0 Å². The normalized spacial score (nSPS) is 12.9. The van der Waals surface area contributed by atoms with Gasteiger partial charge in [-0.15, -0.1) is 0 Å². The summed E-state index contributed by atoms with van der Waals surface area (Å²) in [6.07, 6.45) is 1.70. The first-order valence-electron chi connectivity index (χ1n) is 6.89. The summed E-state index contributed by atoms with van der Waals surface area (Å²) in [5.74, 6) is -2.90. The lowest BCUT2D eigenvalue weighted by atomic mass is 10.2. The molecule has 0 radical (unpaired) electrons. The van der Waals surface area contributed by atoms with Crippen molar-refractivity contribution in [2.75, 3.05) is 6.54 Å². The summed E-state index contributed by atoms with van der Waals surface area (Å²) in [7, 11) is 0. The smallest absolute Gasteiger partial charge is 0.327 e. The Labute approximate surface area is 136 Å². The zero-order chi connectivity index (χ0) is 16.8.